The van der Waals surface area contributed by atoms with Crippen molar-refractivity contribution in [3.05, 3.63) is 52.7 Å². The fourth-order valence-corrected chi connectivity index (χ4v) is 2.29. The molecule has 3 rings (SSSR count). The maximum Gasteiger partial charge on any atom is 0.195 e. The van der Waals surface area contributed by atoms with Crippen molar-refractivity contribution >= 4 is 0 Å². The van der Waals surface area contributed by atoms with E-state index in [9.17, 15) is 0 Å². The van der Waals surface area contributed by atoms with Crippen LogP contribution in [0.15, 0.2) is 28.7 Å². The highest BCUT2D eigenvalue weighted by Gasteiger charge is 2.16. The van der Waals surface area contributed by atoms with E-state index in [0.29, 0.717) is 0 Å². The Kier molecular flexibility index (Phi) is 3.15. The average molecular weight is 242 g/mol. The summed E-state index contributed by atoms with van der Waals surface area (Å²) >= 11 is 0. The summed E-state index contributed by atoms with van der Waals surface area (Å²) in [5.74, 6) is 1.91. The lowest BCUT2D eigenvalue weighted by molar-refractivity contribution is 0.428. The number of aryl methyl sites for hydroxylation is 3. The van der Waals surface area contributed by atoms with Crippen LogP contribution in [0.25, 0.3) is 0 Å². The number of rotatable bonds is 3. The van der Waals surface area contributed by atoms with Gasteiger partial charge in [-0.3, -0.25) is 0 Å². The van der Waals surface area contributed by atoms with Crippen molar-refractivity contribution in [2.45, 2.75) is 32.7 Å². The van der Waals surface area contributed by atoms with E-state index in [1.807, 2.05) is 0 Å². The molecule has 1 aromatic carbocycles. The van der Waals surface area contributed by atoms with Crippen molar-refractivity contribution in [1.29, 1.82) is 0 Å². The van der Waals surface area contributed by atoms with Crippen LogP contribution in [-0.2, 0) is 25.8 Å². The van der Waals surface area contributed by atoms with Crippen molar-refractivity contribution in [1.82, 2.24) is 10.3 Å². The van der Waals surface area contributed by atoms with Gasteiger partial charge in [0.1, 0.15) is 5.76 Å². The molecule has 0 saturated heterocycles. The summed E-state index contributed by atoms with van der Waals surface area (Å²) in [7, 11) is 0. The molecule has 0 aliphatic carbocycles. The van der Waals surface area contributed by atoms with Crippen LogP contribution in [-0.4, -0.2) is 11.5 Å². The number of hydrogen-bond acceptors (Lipinski definition) is 3. The number of hydrogen-bond donors (Lipinski definition) is 1. The van der Waals surface area contributed by atoms with Crippen molar-refractivity contribution in [3.8, 4) is 0 Å². The quantitative estimate of drug-likeness (QED) is 0.898. The van der Waals surface area contributed by atoms with Gasteiger partial charge in [-0.05, 0) is 18.9 Å². The second-order valence-electron chi connectivity index (χ2n) is 4.89. The van der Waals surface area contributed by atoms with Crippen LogP contribution in [0, 0.1) is 6.92 Å². The molecular formula is C15H18N2O. The number of nitrogens with one attached hydrogen (secondary N) is 1. The Hall–Kier alpha value is -1.61. The smallest absolute Gasteiger partial charge is 0.195 e. The standard InChI is InChI=1S/C15H18N2O/c1-11-2-4-12(5-3-11)6-7-15-17-13-8-9-16-10-14(13)18-15/h2-5,16H,6-10H2,1H3. The summed E-state index contributed by atoms with van der Waals surface area (Å²) < 4.78 is 5.78. The predicted molar refractivity (Wildman–Crippen MR) is 70.5 cm³/mol. The number of aromatic nitrogens is 1. The van der Waals surface area contributed by atoms with Crippen LogP contribution < -0.4 is 5.32 Å². The van der Waals surface area contributed by atoms with Crippen LogP contribution in [0.1, 0.15) is 28.5 Å². The Morgan fingerprint density at radius 1 is 1.22 bits per heavy atom. The average Bonchev–Trinajstić information content (AvgIpc) is 2.81. The first-order valence-electron chi connectivity index (χ1n) is 6.55. The molecular weight excluding hydrogens is 224 g/mol. The van der Waals surface area contributed by atoms with Crippen LogP contribution in [0.4, 0.5) is 0 Å². The van der Waals surface area contributed by atoms with E-state index in [0.717, 1.165) is 49.7 Å². The molecule has 0 saturated carbocycles. The van der Waals surface area contributed by atoms with E-state index in [2.05, 4.69) is 41.5 Å². The molecule has 2 heterocycles. The molecule has 2 aromatic rings. The highest BCUT2D eigenvalue weighted by Crippen LogP contribution is 2.16. The summed E-state index contributed by atoms with van der Waals surface area (Å²) in [5, 5.41) is 3.30. The third-order valence-electron chi connectivity index (χ3n) is 3.39. The second-order valence-corrected chi connectivity index (χ2v) is 4.89. The van der Waals surface area contributed by atoms with Gasteiger partial charge in [-0.15, -0.1) is 0 Å². The molecule has 1 aliphatic heterocycles. The maximum absolute atomic E-state index is 5.78. The van der Waals surface area contributed by atoms with Crippen LogP contribution in [0.2, 0.25) is 0 Å². The van der Waals surface area contributed by atoms with Crippen LogP contribution in [0.5, 0.6) is 0 Å². The number of fused-ring (bicyclic) bond motifs is 1. The highest BCUT2D eigenvalue weighted by atomic mass is 16.4. The maximum atomic E-state index is 5.78. The van der Waals surface area contributed by atoms with Crippen molar-refractivity contribution < 1.29 is 4.42 Å². The zero-order valence-electron chi connectivity index (χ0n) is 10.7. The van der Waals surface area contributed by atoms with E-state index in [-0.39, 0.29) is 0 Å². The largest absolute Gasteiger partial charge is 0.444 e. The van der Waals surface area contributed by atoms with Gasteiger partial charge in [0, 0.05) is 19.4 Å². The molecule has 0 spiro atoms. The van der Waals surface area contributed by atoms with E-state index in [1.165, 1.54) is 11.1 Å². The van der Waals surface area contributed by atoms with Gasteiger partial charge < -0.3 is 9.73 Å². The summed E-state index contributed by atoms with van der Waals surface area (Å²) in [6.45, 7) is 3.95. The molecule has 1 N–H and O–H groups in total. The normalized spacial score (nSPS) is 14.5. The van der Waals surface area contributed by atoms with Gasteiger partial charge in [-0.25, -0.2) is 4.98 Å². The molecule has 0 atom stereocenters. The Balaban J connectivity index is 1.66. The van der Waals surface area contributed by atoms with Crippen molar-refractivity contribution in [2.24, 2.45) is 0 Å². The molecule has 0 unspecified atom stereocenters. The van der Waals surface area contributed by atoms with Gasteiger partial charge in [0.15, 0.2) is 5.89 Å². The zero-order chi connectivity index (χ0) is 12.4. The molecule has 94 valence electrons. The Morgan fingerprint density at radius 3 is 2.83 bits per heavy atom. The van der Waals surface area contributed by atoms with E-state index < -0.39 is 0 Å². The monoisotopic (exact) mass is 242 g/mol. The van der Waals surface area contributed by atoms with Gasteiger partial charge in [0.2, 0.25) is 0 Å². The van der Waals surface area contributed by atoms with Gasteiger partial charge in [0.05, 0.1) is 12.2 Å². The SMILES string of the molecule is Cc1ccc(CCc2nc3c(o2)CNCC3)cc1. The van der Waals surface area contributed by atoms with E-state index in [1.54, 1.807) is 0 Å². The second kappa shape index (κ2) is 4.94. The molecule has 3 nitrogen and oxygen atoms in total. The Bertz CT molecular complexity index is 504. The minimum absolute atomic E-state index is 0.826. The molecule has 0 radical (unpaired) electrons. The fourth-order valence-electron chi connectivity index (χ4n) is 2.29. The van der Waals surface area contributed by atoms with Crippen LogP contribution >= 0.6 is 0 Å². The zero-order valence-corrected chi connectivity index (χ0v) is 10.7. The topological polar surface area (TPSA) is 38.1 Å². The summed E-state index contributed by atoms with van der Waals surface area (Å²) in [4.78, 5) is 4.58. The first kappa shape index (κ1) is 11.5. The summed E-state index contributed by atoms with van der Waals surface area (Å²) in [6.07, 6.45) is 2.87. The first-order valence-corrected chi connectivity index (χ1v) is 6.55. The molecule has 1 aliphatic rings. The highest BCUT2D eigenvalue weighted by molar-refractivity contribution is 5.22. The van der Waals surface area contributed by atoms with Gasteiger partial charge >= 0.3 is 0 Å². The molecule has 3 heteroatoms. The number of benzene rings is 1. The third kappa shape index (κ3) is 2.46. The Labute approximate surface area is 107 Å². The molecule has 0 fully saturated rings. The lowest BCUT2D eigenvalue weighted by atomic mass is 10.1. The first-order chi connectivity index (χ1) is 8.81. The van der Waals surface area contributed by atoms with Gasteiger partial charge in [-0.2, -0.15) is 0 Å². The molecule has 0 bridgehead atoms. The number of oxazole rings is 1. The van der Waals surface area contributed by atoms with Crippen LogP contribution in [0.3, 0.4) is 0 Å². The van der Waals surface area contributed by atoms with Crippen molar-refractivity contribution in [3.63, 3.8) is 0 Å². The summed E-state index contributed by atoms with van der Waals surface area (Å²) in [6, 6.07) is 8.67. The molecule has 1 aromatic heterocycles. The minimum Gasteiger partial charge on any atom is -0.444 e. The molecule has 0 amide bonds. The molecule has 18 heavy (non-hydrogen) atoms. The lowest BCUT2D eigenvalue weighted by Gasteiger charge is -2.08. The predicted octanol–water partition coefficient (Wildman–Crippen LogP) is 2.41. The third-order valence-corrected chi connectivity index (χ3v) is 3.39. The fraction of sp³-hybridized carbons (Fsp3) is 0.400. The van der Waals surface area contributed by atoms with Gasteiger partial charge in [-0.1, -0.05) is 29.8 Å². The summed E-state index contributed by atoms with van der Waals surface area (Å²) in [5.41, 5.74) is 3.79. The van der Waals surface area contributed by atoms with E-state index >= 15 is 0 Å². The number of nitrogens with zero attached hydrogens (tertiary/aromatic N) is 1. The van der Waals surface area contributed by atoms with Crippen molar-refractivity contribution in [2.75, 3.05) is 6.54 Å². The lowest BCUT2D eigenvalue weighted by Crippen LogP contribution is -2.22. The van der Waals surface area contributed by atoms with E-state index in [4.69, 9.17) is 4.42 Å². The van der Waals surface area contributed by atoms with Gasteiger partial charge in [0.25, 0.3) is 0 Å². The minimum atomic E-state index is 0.826. The Morgan fingerprint density at radius 2 is 2.06 bits per heavy atom.